The Hall–Kier alpha value is -4.45. The summed E-state index contributed by atoms with van der Waals surface area (Å²) in [6.45, 7) is 6.18. The highest BCUT2D eigenvalue weighted by molar-refractivity contribution is 5.71. The molecule has 0 aromatic carbocycles. The van der Waals surface area contributed by atoms with Gasteiger partial charge in [0.2, 0.25) is 0 Å². The molecule has 0 spiro atoms. The molecule has 0 bridgehead atoms. The maximum absolute atomic E-state index is 12.7. The molecule has 0 aromatic heterocycles. The summed E-state index contributed by atoms with van der Waals surface area (Å²) in [6, 6.07) is 0. The van der Waals surface area contributed by atoms with Crippen LogP contribution in [0.3, 0.4) is 0 Å². The van der Waals surface area contributed by atoms with Crippen molar-refractivity contribution >= 4 is 17.9 Å². The molecular weight excluding hydrogens is 733 g/mol. The van der Waals surface area contributed by atoms with Gasteiger partial charge in [0, 0.05) is 19.3 Å². The number of rotatable bonds is 38. The van der Waals surface area contributed by atoms with Gasteiger partial charge in [-0.15, -0.1) is 0 Å². The smallest absolute Gasteiger partial charge is 0.306 e. The molecule has 0 heterocycles. The van der Waals surface area contributed by atoms with E-state index in [2.05, 4.69) is 99.8 Å². The molecule has 1 unspecified atom stereocenters. The molecule has 0 rings (SSSR count). The second-order valence-corrected chi connectivity index (χ2v) is 14.3. The number of ether oxygens (including phenoxy) is 3. The van der Waals surface area contributed by atoms with Gasteiger partial charge in [-0.25, -0.2) is 0 Å². The molecule has 0 aromatic rings. The largest absolute Gasteiger partial charge is 0.462 e. The zero-order valence-electron chi connectivity index (χ0n) is 37.2. The van der Waals surface area contributed by atoms with Crippen LogP contribution in [0.25, 0.3) is 0 Å². The zero-order valence-corrected chi connectivity index (χ0v) is 37.2. The van der Waals surface area contributed by atoms with Crippen LogP contribution in [0.5, 0.6) is 0 Å². The fourth-order valence-electron chi connectivity index (χ4n) is 5.37. The van der Waals surface area contributed by atoms with Crippen LogP contribution in [0.4, 0.5) is 0 Å². The minimum atomic E-state index is -0.844. The first-order valence-corrected chi connectivity index (χ1v) is 22.8. The SMILES string of the molecule is CC\C=C/C=C\C=C/C=C\C=C/CCCC(=O)OC(COC(=O)CCC/C=C\C/C=C\C/C=C\C/C=C\C/C=C\CC)COC(=O)CCCCCCC/C=C\CCCC. The maximum Gasteiger partial charge on any atom is 0.306 e. The molecule has 6 heteroatoms. The molecule has 0 amide bonds. The monoisotopic (exact) mass is 813 g/mol. The van der Waals surface area contributed by atoms with Crippen molar-refractivity contribution in [1.29, 1.82) is 0 Å². The molecular formula is C53H80O6. The Bertz CT molecular complexity index is 1350. The molecule has 1 atom stereocenters. The third-order valence-electron chi connectivity index (χ3n) is 8.75. The zero-order chi connectivity index (χ0) is 43.0. The Balaban J connectivity index is 4.62. The fourth-order valence-corrected chi connectivity index (χ4v) is 5.37. The van der Waals surface area contributed by atoms with Gasteiger partial charge in [0.25, 0.3) is 0 Å². The highest BCUT2D eigenvalue weighted by Crippen LogP contribution is 2.11. The van der Waals surface area contributed by atoms with Crippen molar-refractivity contribution < 1.29 is 28.6 Å². The van der Waals surface area contributed by atoms with Gasteiger partial charge in [0.15, 0.2) is 6.10 Å². The lowest BCUT2D eigenvalue weighted by molar-refractivity contribution is -0.167. The van der Waals surface area contributed by atoms with E-state index in [4.69, 9.17) is 14.2 Å². The molecule has 0 fully saturated rings. The van der Waals surface area contributed by atoms with Gasteiger partial charge in [-0.3, -0.25) is 14.4 Å². The summed E-state index contributed by atoms with van der Waals surface area (Å²) >= 11 is 0. The predicted octanol–water partition coefficient (Wildman–Crippen LogP) is 14.7. The molecule has 0 aliphatic rings. The number of carbonyl (C=O) groups is 3. The maximum atomic E-state index is 12.7. The first-order valence-electron chi connectivity index (χ1n) is 22.8. The Labute approximate surface area is 360 Å². The van der Waals surface area contributed by atoms with Crippen LogP contribution in [-0.2, 0) is 28.6 Å². The van der Waals surface area contributed by atoms with Crippen LogP contribution in [0, 0.1) is 0 Å². The molecule has 0 saturated carbocycles. The molecule has 0 aliphatic heterocycles. The number of esters is 3. The van der Waals surface area contributed by atoms with E-state index in [1.54, 1.807) is 0 Å². The highest BCUT2D eigenvalue weighted by atomic mass is 16.6. The van der Waals surface area contributed by atoms with Crippen LogP contribution in [0.15, 0.2) is 134 Å². The molecule has 0 radical (unpaired) electrons. The summed E-state index contributed by atoms with van der Waals surface area (Å²) in [5.74, 6) is -1.10. The highest BCUT2D eigenvalue weighted by Gasteiger charge is 2.19. The number of unbranched alkanes of at least 4 members (excludes halogenated alkanes) is 9. The summed E-state index contributed by atoms with van der Waals surface area (Å²) in [6.07, 6.45) is 64.5. The lowest BCUT2D eigenvalue weighted by Gasteiger charge is -2.18. The van der Waals surface area contributed by atoms with Crippen LogP contribution >= 0.6 is 0 Å². The Morgan fingerprint density at radius 3 is 1.32 bits per heavy atom. The number of hydrogen-bond donors (Lipinski definition) is 0. The molecule has 0 aliphatic carbocycles. The van der Waals surface area contributed by atoms with E-state index in [0.717, 1.165) is 83.5 Å². The minimum Gasteiger partial charge on any atom is -0.462 e. The fraction of sp³-hybridized carbons (Fsp3) is 0.528. The number of hydrogen-bond acceptors (Lipinski definition) is 6. The number of carbonyl (C=O) groups excluding carboxylic acids is 3. The molecule has 328 valence electrons. The van der Waals surface area contributed by atoms with E-state index in [1.165, 1.54) is 19.3 Å². The van der Waals surface area contributed by atoms with E-state index in [-0.39, 0.29) is 38.0 Å². The van der Waals surface area contributed by atoms with Crippen molar-refractivity contribution in [3.63, 3.8) is 0 Å². The summed E-state index contributed by atoms with van der Waals surface area (Å²) < 4.78 is 16.6. The first kappa shape index (κ1) is 54.6. The normalized spacial score (nSPS) is 13.3. The summed E-state index contributed by atoms with van der Waals surface area (Å²) in [7, 11) is 0. The standard InChI is InChI=1S/C53H80O6/c1-4-7-10-13-16-19-22-24-25-26-27-29-31-34-37-40-43-46-52(55)58-49-50(48-57-51(54)45-42-39-36-33-30-21-18-15-12-9-6-3)59-53(56)47-44-41-38-35-32-28-23-20-17-14-11-8-5-2/h7-8,10-11,14-20,23-25,27-29,32,34-35,37-38,50H,4-6,9,12-13,21-22,26,30-31,33,36,39-49H2,1-3H3/b10-7-,11-8-,17-14-,18-15-,19-16-,23-20-,25-24-,29-27-,32-28-,37-34-,38-35-. The third-order valence-corrected chi connectivity index (χ3v) is 8.75. The van der Waals surface area contributed by atoms with Crippen molar-refractivity contribution in [3.05, 3.63) is 134 Å². The van der Waals surface area contributed by atoms with Crippen molar-refractivity contribution in [2.45, 2.75) is 168 Å². The van der Waals surface area contributed by atoms with Gasteiger partial charge in [-0.1, -0.05) is 187 Å². The first-order chi connectivity index (χ1) is 29.0. The summed E-state index contributed by atoms with van der Waals surface area (Å²) in [5, 5.41) is 0. The van der Waals surface area contributed by atoms with Crippen LogP contribution < -0.4 is 0 Å². The van der Waals surface area contributed by atoms with Crippen LogP contribution in [-0.4, -0.2) is 37.2 Å². The van der Waals surface area contributed by atoms with Gasteiger partial charge < -0.3 is 14.2 Å². The Morgan fingerprint density at radius 1 is 0.373 bits per heavy atom. The second kappa shape index (κ2) is 46.2. The van der Waals surface area contributed by atoms with E-state index in [9.17, 15) is 14.4 Å². The second-order valence-electron chi connectivity index (χ2n) is 14.3. The van der Waals surface area contributed by atoms with E-state index in [1.807, 2.05) is 54.7 Å². The topological polar surface area (TPSA) is 78.9 Å². The quantitative estimate of drug-likeness (QED) is 0.0203. The third kappa shape index (κ3) is 44.5. The van der Waals surface area contributed by atoms with Gasteiger partial charge in [0.1, 0.15) is 13.2 Å². The minimum absolute atomic E-state index is 0.134. The van der Waals surface area contributed by atoms with E-state index in [0.29, 0.717) is 25.7 Å². The Kier molecular flexibility index (Phi) is 42.8. The Morgan fingerprint density at radius 2 is 0.763 bits per heavy atom. The van der Waals surface area contributed by atoms with Crippen LogP contribution in [0.1, 0.15) is 162 Å². The summed E-state index contributed by atoms with van der Waals surface area (Å²) in [4.78, 5) is 37.7. The lowest BCUT2D eigenvalue weighted by atomic mass is 10.1. The van der Waals surface area contributed by atoms with Crippen molar-refractivity contribution in [1.82, 2.24) is 0 Å². The van der Waals surface area contributed by atoms with Gasteiger partial charge in [0.05, 0.1) is 0 Å². The number of allylic oxidation sites excluding steroid dienone is 22. The molecule has 0 saturated heterocycles. The van der Waals surface area contributed by atoms with Crippen molar-refractivity contribution in [3.8, 4) is 0 Å². The van der Waals surface area contributed by atoms with Crippen molar-refractivity contribution in [2.24, 2.45) is 0 Å². The van der Waals surface area contributed by atoms with E-state index < -0.39 is 12.1 Å². The summed E-state index contributed by atoms with van der Waals surface area (Å²) in [5.41, 5.74) is 0. The van der Waals surface area contributed by atoms with Gasteiger partial charge in [-0.05, 0) is 89.9 Å². The predicted molar refractivity (Wildman–Crippen MR) is 251 cm³/mol. The molecule has 6 nitrogen and oxygen atoms in total. The molecule has 59 heavy (non-hydrogen) atoms. The van der Waals surface area contributed by atoms with Gasteiger partial charge in [-0.2, -0.15) is 0 Å². The molecule has 0 N–H and O–H groups in total. The van der Waals surface area contributed by atoms with Gasteiger partial charge >= 0.3 is 17.9 Å². The average molecular weight is 813 g/mol. The van der Waals surface area contributed by atoms with E-state index >= 15 is 0 Å². The van der Waals surface area contributed by atoms with Crippen molar-refractivity contribution in [2.75, 3.05) is 13.2 Å². The lowest BCUT2D eigenvalue weighted by Crippen LogP contribution is -2.30. The van der Waals surface area contributed by atoms with Crippen LogP contribution in [0.2, 0.25) is 0 Å². The average Bonchev–Trinajstić information content (AvgIpc) is 3.23.